The van der Waals surface area contributed by atoms with E-state index < -0.39 is 10.0 Å². The first-order valence-electron chi connectivity index (χ1n) is 9.48. The number of fused-ring (bicyclic) bond motifs is 1. The van der Waals surface area contributed by atoms with Crippen LogP contribution in [0.3, 0.4) is 0 Å². The lowest BCUT2D eigenvalue weighted by molar-refractivity contribution is 0.390. The molecule has 1 aliphatic heterocycles. The van der Waals surface area contributed by atoms with E-state index in [0.717, 1.165) is 44.6 Å². The van der Waals surface area contributed by atoms with Crippen LogP contribution in [0.5, 0.6) is 0 Å². The van der Waals surface area contributed by atoms with E-state index in [0.29, 0.717) is 11.5 Å². The third kappa shape index (κ3) is 3.58. The maximum atomic E-state index is 12.7. The fraction of sp³-hybridized carbons (Fsp3) is 0.611. The molecule has 0 amide bonds. The molecule has 146 valence electrons. The molecule has 27 heavy (non-hydrogen) atoms. The van der Waals surface area contributed by atoms with Crippen LogP contribution in [0.2, 0.25) is 0 Å². The molecule has 0 spiro atoms. The standard InChI is InChI=1S/C18H25N5O3S/c1-12-17(13(2)26-21-12)27(24,25)22-14-7-9-23(10-8-14)18-15-5-3-4-6-16(15)19-11-20-18/h11,14,22H,3-10H2,1-2H3. The molecule has 2 aliphatic rings. The summed E-state index contributed by atoms with van der Waals surface area (Å²) in [5.74, 6) is 1.36. The average Bonchev–Trinajstić information content (AvgIpc) is 3.01. The second-order valence-electron chi connectivity index (χ2n) is 7.37. The van der Waals surface area contributed by atoms with Gasteiger partial charge in [0.25, 0.3) is 0 Å². The van der Waals surface area contributed by atoms with Crippen molar-refractivity contribution in [3.63, 3.8) is 0 Å². The molecular formula is C18H25N5O3S. The largest absolute Gasteiger partial charge is 0.360 e. The number of aromatic nitrogens is 3. The van der Waals surface area contributed by atoms with Crippen LogP contribution in [-0.4, -0.2) is 42.7 Å². The van der Waals surface area contributed by atoms with E-state index in [4.69, 9.17) is 4.52 Å². The van der Waals surface area contributed by atoms with Gasteiger partial charge in [-0.25, -0.2) is 23.1 Å². The van der Waals surface area contributed by atoms with Crippen molar-refractivity contribution in [3.05, 3.63) is 29.0 Å². The molecule has 9 heteroatoms. The van der Waals surface area contributed by atoms with Crippen molar-refractivity contribution >= 4 is 15.8 Å². The van der Waals surface area contributed by atoms with Gasteiger partial charge in [-0.3, -0.25) is 0 Å². The van der Waals surface area contributed by atoms with Crippen LogP contribution in [0.15, 0.2) is 15.7 Å². The Bertz CT molecular complexity index is 913. The molecule has 0 atom stereocenters. The van der Waals surface area contributed by atoms with E-state index >= 15 is 0 Å². The van der Waals surface area contributed by atoms with Crippen molar-refractivity contribution in [3.8, 4) is 0 Å². The Hall–Kier alpha value is -2.00. The van der Waals surface area contributed by atoms with Crippen LogP contribution in [0, 0.1) is 13.8 Å². The van der Waals surface area contributed by atoms with Gasteiger partial charge in [-0.15, -0.1) is 0 Å². The van der Waals surface area contributed by atoms with Crippen LogP contribution >= 0.6 is 0 Å². The third-order valence-electron chi connectivity index (χ3n) is 5.46. The van der Waals surface area contributed by atoms with Crippen LogP contribution in [0.1, 0.15) is 48.4 Å². The summed E-state index contributed by atoms with van der Waals surface area (Å²) in [4.78, 5) is 11.4. The Balaban J connectivity index is 1.44. The molecule has 8 nitrogen and oxygen atoms in total. The molecule has 0 aromatic carbocycles. The number of piperidine rings is 1. The number of rotatable bonds is 4. The number of hydrogen-bond donors (Lipinski definition) is 1. The van der Waals surface area contributed by atoms with Gasteiger partial charge in [0.2, 0.25) is 10.0 Å². The topological polar surface area (TPSA) is 101 Å². The summed E-state index contributed by atoms with van der Waals surface area (Å²) in [6, 6.07) is -0.0994. The van der Waals surface area contributed by atoms with E-state index in [-0.39, 0.29) is 10.9 Å². The first-order chi connectivity index (χ1) is 13.0. The van der Waals surface area contributed by atoms with Crippen molar-refractivity contribution in [2.24, 2.45) is 0 Å². The summed E-state index contributed by atoms with van der Waals surface area (Å²) in [5.41, 5.74) is 2.84. The molecular weight excluding hydrogens is 366 g/mol. The summed E-state index contributed by atoms with van der Waals surface area (Å²) in [7, 11) is -3.62. The van der Waals surface area contributed by atoms with Crippen molar-refractivity contribution in [2.45, 2.75) is 63.3 Å². The molecule has 1 aliphatic carbocycles. The zero-order valence-corrected chi connectivity index (χ0v) is 16.5. The van der Waals surface area contributed by atoms with Gasteiger partial charge in [-0.05, 0) is 52.4 Å². The highest BCUT2D eigenvalue weighted by Gasteiger charge is 2.30. The maximum Gasteiger partial charge on any atom is 0.246 e. The molecule has 1 N–H and O–H groups in total. The fourth-order valence-corrected chi connectivity index (χ4v) is 5.76. The fourth-order valence-electron chi connectivity index (χ4n) is 4.12. The SMILES string of the molecule is Cc1noc(C)c1S(=O)(=O)NC1CCN(c2ncnc3c2CCCC3)CC1. The lowest BCUT2D eigenvalue weighted by atomic mass is 9.95. The zero-order chi connectivity index (χ0) is 19.0. The minimum absolute atomic E-state index is 0.0994. The van der Waals surface area contributed by atoms with Crippen LogP contribution < -0.4 is 9.62 Å². The van der Waals surface area contributed by atoms with E-state index in [2.05, 4.69) is 24.7 Å². The normalized spacial score (nSPS) is 18.5. The van der Waals surface area contributed by atoms with Crippen molar-refractivity contribution in [1.29, 1.82) is 0 Å². The van der Waals surface area contributed by atoms with Crippen LogP contribution in [-0.2, 0) is 22.9 Å². The molecule has 4 rings (SSSR count). The van der Waals surface area contributed by atoms with E-state index in [1.807, 2.05) is 0 Å². The number of nitrogens with zero attached hydrogens (tertiary/aromatic N) is 4. The minimum atomic E-state index is -3.62. The molecule has 0 radical (unpaired) electrons. The second-order valence-corrected chi connectivity index (χ2v) is 9.02. The summed E-state index contributed by atoms with van der Waals surface area (Å²) in [6.07, 6.45) is 7.56. The van der Waals surface area contributed by atoms with Gasteiger partial charge in [0, 0.05) is 30.4 Å². The monoisotopic (exact) mass is 391 g/mol. The zero-order valence-electron chi connectivity index (χ0n) is 15.7. The summed E-state index contributed by atoms with van der Waals surface area (Å²) in [5, 5.41) is 3.75. The molecule has 2 aromatic rings. The van der Waals surface area contributed by atoms with Gasteiger partial charge in [0.1, 0.15) is 22.7 Å². The maximum absolute atomic E-state index is 12.7. The first kappa shape index (κ1) is 18.4. The number of hydrogen-bond acceptors (Lipinski definition) is 7. The van der Waals surface area contributed by atoms with Gasteiger partial charge in [-0.2, -0.15) is 0 Å². The Morgan fingerprint density at radius 1 is 1.15 bits per heavy atom. The highest BCUT2D eigenvalue weighted by molar-refractivity contribution is 7.89. The highest BCUT2D eigenvalue weighted by atomic mass is 32.2. The van der Waals surface area contributed by atoms with Gasteiger partial charge in [-0.1, -0.05) is 5.16 Å². The number of nitrogens with one attached hydrogen (secondary N) is 1. The molecule has 3 heterocycles. The van der Waals surface area contributed by atoms with E-state index in [9.17, 15) is 8.42 Å². The summed E-state index contributed by atoms with van der Waals surface area (Å²) >= 11 is 0. The lowest BCUT2D eigenvalue weighted by Gasteiger charge is -2.34. The molecule has 0 bridgehead atoms. The number of anilines is 1. The summed E-state index contributed by atoms with van der Waals surface area (Å²) in [6.45, 7) is 4.82. The first-order valence-corrected chi connectivity index (χ1v) is 11.0. The molecule has 1 saturated heterocycles. The Morgan fingerprint density at radius 3 is 2.59 bits per heavy atom. The molecule has 0 saturated carbocycles. The van der Waals surface area contributed by atoms with E-state index in [1.54, 1.807) is 20.2 Å². The van der Waals surface area contributed by atoms with Gasteiger partial charge >= 0.3 is 0 Å². The number of aryl methyl sites for hydroxylation is 3. The van der Waals surface area contributed by atoms with Crippen molar-refractivity contribution < 1.29 is 12.9 Å². The molecule has 1 fully saturated rings. The van der Waals surface area contributed by atoms with E-state index in [1.165, 1.54) is 24.1 Å². The van der Waals surface area contributed by atoms with Gasteiger partial charge < -0.3 is 9.42 Å². The number of sulfonamides is 1. The minimum Gasteiger partial charge on any atom is -0.360 e. The Kier molecular flexibility index (Phi) is 4.90. The predicted molar refractivity (Wildman–Crippen MR) is 100 cm³/mol. The predicted octanol–water partition coefficient (Wildman–Crippen LogP) is 1.91. The average molecular weight is 391 g/mol. The van der Waals surface area contributed by atoms with Crippen molar-refractivity contribution in [2.75, 3.05) is 18.0 Å². The Labute approximate surface area is 159 Å². The van der Waals surface area contributed by atoms with Crippen LogP contribution in [0.25, 0.3) is 0 Å². The third-order valence-corrected chi connectivity index (χ3v) is 7.22. The van der Waals surface area contributed by atoms with Gasteiger partial charge in [0.05, 0.1) is 0 Å². The Morgan fingerprint density at radius 2 is 1.89 bits per heavy atom. The molecule has 2 aromatic heterocycles. The summed E-state index contributed by atoms with van der Waals surface area (Å²) < 4.78 is 33.2. The lowest BCUT2D eigenvalue weighted by Crippen LogP contribution is -2.45. The highest BCUT2D eigenvalue weighted by Crippen LogP contribution is 2.29. The molecule has 0 unspecified atom stereocenters. The quantitative estimate of drug-likeness (QED) is 0.849. The van der Waals surface area contributed by atoms with Crippen LogP contribution in [0.4, 0.5) is 5.82 Å². The van der Waals surface area contributed by atoms with Crippen molar-refractivity contribution in [1.82, 2.24) is 19.8 Å². The smallest absolute Gasteiger partial charge is 0.246 e. The van der Waals surface area contributed by atoms with Gasteiger partial charge in [0.15, 0.2) is 5.76 Å². The second kappa shape index (κ2) is 7.20.